The van der Waals surface area contributed by atoms with Crippen molar-refractivity contribution in [2.75, 3.05) is 45.9 Å². The minimum atomic E-state index is -4.05. The number of hydrogen-bond donors (Lipinski definition) is 1. The molecule has 0 saturated heterocycles. The van der Waals surface area contributed by atoms with Crippen molar-refractivity contribution in [1.29, 1.82) is 0 Å². The Kier molecular flexibility index (Phi) is 11.9. The molecule has 1 amide bonds. The van der Waals surface area contributed by atoms with Crippen LogP contribution in [-0.2, 0) is 39.7 Å². The summed E-state index contributed by atoms with van der Waals surface area (Å²) in [6.07, 6.45) is 6.02. The van der Waals surface area contributed by atoms with Gasteiger partial charge in [-0.25, -0.2) is 13.2 Å². The highest BCUT2D eigenvalue weighted by Gasteiger charge is 2.44. The highest BCUT2D eigenvalue weighted by atomic mass is 35.5. The Morgan fingerprint density at radius 3 is 2.25 bits per heavy atom. The van der Waals surface area contributed by atoms with E-state index in [1.807, 2.05) is 60.7 Å². The average Bonchev–Trinajstić information content (AvgIpc) is 3.35. The van der Waals surface area contributed by atoms with Crippen LogP contribution in [0.1, 0.15) is 47.9 Å². The Hall–Kier alpha value is -4.71. The minimum absolute atomic E-state index is 0.143. The van der Waals surface area contributed by atoms with Crippen molar-refractivity contribution < 1.29 is 32.2 Å². The van der Waals surface area contributed by atoms with Crippen molar-refractivity contribution in [3.8, 4) is 17.2 Å². The van der Waals surface area contributed by atoms with E-state index < -0.39 is 16.1 Å². The lowest BCUT2D eigenvalue weighted by atomic mass is 9.68. The van der Waals surface area contributed by atoms with E-state index in [-0.39, 0.29) is 41.3 Å². The molecule has 296 valence electrons. The number of anilines is 1. The van der Waals surface area contributed by atoms with Gasteiger partial charge in [0.2, 0.25) is 10.0 Å². The second-order valence-corrected chi connectivity index (χ2v) is 17.5. The molecule has 7 rings (SSSR count). The van der Waals surface area contributed by atoms with Crippen LogP contribution in [0.15, 0.2) is 102 Å². The van der Waals surface area contributed by atoms with E-state index in [1.54, 1.807) is 32.4 Å². The number of nitrogens with one attached hydrogen (secondary N) is 1. The summed E-state index contributed by atoms with van der Waals surface area (Å²) >= 11 is 6.49. The van der Waals surface area contributed by atoms with Gasteiger partial charge in [0.05, 0.1) is 44.6 Å². The molecule has 4 aromatic carbocycles. The summed E-state index contributed by atoms with van der Waals surface area (Å²) in [6.45, 7) is 6.04. The number of fused-ring (bicyclic) bond motifs is 3. The monoisotopic (exact) mass is 799 g/mol. The van der Waals surface area contributed by atoms with Gasteiger partial charge >= 0.3 is 6.09 Å². The van der Waals surface area contributed by atoms with Crippen molar-refractivity contribution in [1.82, 2.24) is 9.62 Å². The molecule has 4 aromatic rings. The zero-order valence-corrected chi connectivity index (χ0v) is 33.8. The summed E-state index contributed by atoms with van der Waals surface area (Å²) in [5, 5.41) is 3.67. The molecule has 1 aliphatic heterocycles. The van der Waals surface area contributed by atoms with Crippen molar-refractivity contribution >= 4 is 33.4 Å². The Morgan fingerprint density at radius 2 is 1.66 bits per heavy atom. The molecular formula is C44H50ClN3O7S. The molecule has 1 fully saturated rings. The number of amides is 1. The lowest BCUT2D eigenvalue weighted by Crippen LogP contribution is -2.51. The van der Waals surface area contributed by atoms with E-state index in [4.69, 9.17) is 30.5 Å². The molecule has 1 heterocycles. The molecule has 4 atom stereocenters. The van der Waals surface area contributed by atoms with Crippen molar-refractivity contribution in [2.45, 2.75) is 61.5 Å². The summed E-state index contributed by atoms with van der Waals surface area (Å²) in [5.74, 6) is 2.37. The Morgan fingerprint density at radius 1 is 0.982 bits per heavy atom. The second kappa shape index (κ2) is 16.8. The van der Waals surface area contributed by atoms with Crippen molar-refractivity contribution in [2.24, 2.45) is 11.8 Å². The van der Waals surface area contributed by atoms with Crippen molar-refractivity contribution in [3.05, 3.63) is 125 Å². The zero-order chi connectivity index (χ0) is 39.5. The number of rotatable bonds is 13. The van der Waals surface area contributed by atoms with E-state index in [0.29, 0.717) is 42.0 Å². The number of halogens is 1. The third kappa shape index (κ3) is 8.21. The number of ether oxygens (including phenoxy) is 4. The molecule has 3 aliphatic rings. The number of carbonyl (C=O) groups excluding carboxylic acids is 1. The standard InChI is InChI=1S/C44H50ClN3O7S/c1-5-40(46-43(49)54-4)38-19-12-33(38)27-47-28-44(22-6-7-32-23-34(45)13-20-39(32)44)29-55-42-21-18-37(24-41(42)47)56(50,51)48(25-30-8-14-35(52-2)15-9-30)26-31-10-16-36(53-3)17-11-31/h5,8-11,13-18,20-21,23-24,33,38,40H,1,6-7,12,19,22,25-29H2,2-4H3,(H,46,49)/t33-,38+,40?,44-/m0/s1. The number of methoxy groups -OCH3 is 3. The van der Waals surface area contributed by atoms with E-state index in [2.05, 4.69) is 28.9 Å². The molecule has 0 aromatic heterocycles. The molecule has 56 heavy (non-hydrogen) atoms. The summed E-state index contributed by atoms with van der Waals surface area (Å²) in [4.78, 5) is 14.8. The van der Waals surface area contributed by atoms with E-state index in [1.165, 1.54) is 22.5 Å². The van der Waals surface area contributed by atoms with Gasteiger partial charge in [-0.05, 0) is 121 Å². The van der Waals surface area contributed by atoms with Crippen LogP contribution in [0.25, 0.3) is 0 Å². The molecule has 1 N–H and O–H groups in total. The van der Waals surface area contributed by atoms with Crippen LogP contribution >= 0.6 is 11.6 Å². The summed E-state index contributed by atoms with van der Waals surface area (Å²) in [7, 11) is 0.518. The average molecular weight is 800 g/mol. The maximum absolute atomic E-state index is 14.9. The topological polar surface area (TPSA) is 107 Å². The van der Waals surface area contributed by atoms with Crippen LogP contribution in [0.2, 0.25) is 5.02 Å². The molecule has 2 aliphatic carbocycles. The first-order valence-corrected chi connectivity index (χ1v) is 20.9. The maximum atomic E-state index is 14.9. The van der Waals surface area contributed by atoms with Crippen LogP contribution in [0.3, 0.4) is 0 Å². The first-order chi connectivity index (χ1) is 27.0. The highest BCUT2D eigenvalue weighted by molar-refractivity contribution is 7.89. The van der Waals surface area contributed by atoms with Crippen LogP contribution in [0.4, 0.5) is 10.5 Å². The molecule has 1 unspecified atom stereocenters. The van der Waals surface area contributed by atoms with Crippen LogP contribution in [-0.4, -0.2) is 65.9 Å². The van der Waals surface area contributed by atoms with E-state index in [9.17, 15) is 13.2 Å². The third-order valence-electron chi connectivity index (χ3n) is 11.8. The molecule has 12 heteroatoms. The molecule has 0 bridgehead atoms. The predicted molar refractivity (Wildman–Crippen MR) is 218 cm³/mol. The minimum Gasteiger partial charge on any atom is -0.497 e. The second-order valence-electron chi connectivity index (χ2n) is 15.1. The van der Waals surface area contributed by atoms with Crippen LogP contribution < -0.4 is 24.4 Å². The molecule has 0 radical (unpaired) electrons. The fourth-order valence-corrected chi connectivity index (χ4v) is 10.2. The maximum Gasteiger partial charge on any atom is 0.407 e. The fourth-order valence-electron chi connectivity index (χ4n) is 8.61. The zero-order valence-electron chi connectivity index (χ0n) is 32.2. The van der Waals surface area contributed by atoms with Gasteiger partial charge in [-0.2, -0.15) is 4.31 Å². The fraction of sp³-hybridized carbons (Fsp3) is 0.386. The number of sulfonamides is 1. The van der Waals surface area contributed by atoms with Gasteiger partial charge in [0.1, 0.15) is 17.2 Å². The van der Waals surface area contributed by atoms with Crippen LogP contribution in [0, 0.1) is 11.8 Å². The lowest BCUT2D eigenvalue weighted by molar-refractivity contribution is 0.127. The molecule has 1 spiro atoms. The van der Waals surface area contributed by atoms with Gasteiger partial charge in [0.25, 0.3) is 0 Å². The Labute approximate surface area is 335 Å². The summed E-state index contributed by atoms with van der Waals surface area (Å²) in [5.41, 5.74) is 4.50. The van der Waals surface area contributed by atoms with Gasteiger partial charge in [0, 0.05) is 36.6 Å². The SMILES string of the molecule is C=CC(NC(=O)OC)[C@@H]1CC[C@H]1CN1C[C@@]2(CCCc3cc(Cl)ccc32)COc2ccc(S(=O)(=O)N(Cc3ccc(OC)cc3)Cc3ccc(OC)cc3)cc21. The van der Waals surface area contributed by atoms with Gasteiger partial charge in [-0.1, -0.05) is 48.0 Å². The molecular weight excluding hydrogens is 750 g/mol. The van der Waals surface area contributed by atoms with E-state index in [0.717, 1.165) is 48.9 Å². The Balaban J connectivity index is 1.27. The summed E-state index contributed by atoms with van der Waals surface area (Å²) < 4.78 is 53.7. The smallest absolute Gasteiger partial charge is 0.407 e. The van der Waals surface area contributed by atoms with Crippen molar-refractivity contribution in [3.63, 3.8) is 0 Å². The number of nitrogens with zero attached hydrogens (tertiary/aromatic N) is 2. The highest BCUT2D eigenvalue weighted by Crippen LogP contribution is 2.47. The first kappa shape index (κ1) is 39.5. The molecule has 10 nitrogen and oxygen atoms in total. The third-order valence-corrected chi connectivity index (χ3v) is 13.8. The quantitative estimate of drug-likeness (QED) is 0.135. The number of hydrogen-bond acceptors (Lipinski definition) is 8. The largest absolute Gasteiger partial charge is 0.497 e. The number of aryl methyl sites for hydroxylation is 1. The van der Waals surface area contributed by atoms with Gasteiger partial charge in [-0.3, -0.25) is 0 Å². The predicted octanol–water partition coefficient (Wildman–Crippen LogP) is 8.16. The first-order valence-electron chi connectivity index (χ1n) is 19.1. The van der Waals surface area contributed by atoms with Gasteiger partial charge in [-0.15, -0.1) is 6.58 Å². The number of benzene rings is 4. The number of carbonyl (C=O) groups is 1. The van der Waals surface area contributed by atoms with Gasteiger partial charge < -0.3 is 29.2 Å². The lowest BCUT2D eigenvalue weighted by Gasteiger charge is -2.46. The number of alkyl carbamates (subject to hydrolysis) is 1. The van der Waals surface area contributed by atoms with E-state index >= 15 is 0 Å². The van der Waals surface area contributed by atoms with Crippen LogP contribution in [0.5, 0.6) is 17.2 Å². The normalized spacial score (nSPS) is 20.8. The molecule has 1 saturated carbocycles. The van der Waals surface area contributed by atoms with Gasteiger partial charge in [0.15, 0.2) is 0 Å². The Bertz CT molecular complexity index is 2100. The summed E-state index contributed by atoms with van der Waals surface area (Å²) in [6, 6.07) is 26.1.